The molecular formula is C19H18O4. The molecule has 23 heavy (non-hydrogen) atoms. The van der Waals surface area contributed by atoms with Crippen LogP contribution in [0.5, 0.6) is 0 Å². The van der Waals surface area contributed by atoms with Crippen LogP contribution in [0, 0.1) is 13.8 Å². The van der Waals surface area contributed by atoms with Gasteiger partial charge in [-0.25, -0.2) is 0 Å². The summed E-state index contributed by atoms with van der Waals surface area (Å²) in [6.07, 6.45) is -1.46. The minimum absolute atomic E-state index is 0.345. The zero-order chi connectivity index (χ0) is 17.0. The van der Waals surface area contributed by atoms with Crippen molar-refractivity contribution in [2.24, 2.45) is 0 Å². The lowest BCUT2D eigenvalue weighted by Crippen LogP contribution is -2.34. The molecule has 0 bridgehead atoms. The number of benzene rings is 2. The van der Waals surface area contributed by atoms with Crippen LogP contribution in [0.1, 0.15) is 38.8 Å². The van der Waals surface area contributed by atoms with Gasteiger partial charge in [-0.05, 0) is 26.0 Å². The van der Waals surface area contributed by atoms with Crippen molar-refractivity contribution in [2.45, 2.75) is 26.9 Å². The molecule has 0 amide bonds. The lowest BCUT2D eigenvalue weighted by atomic mass is 9.97. The van der Waals surface area contributed by atoms with Gasteiger partial charge in [0, 0.05) is 18.1 Å². The number of carbonyl (C=O) groups is 3. The molecule has 4 heteroatoms. The predicted molar refractivity (Wildman–Crippen MR) is 86.6 cm³/mol. The Labute approximate surface area is 135 Å². The van der Waals surface area contributed by atoms with Gasteiger partial charge < -0.3 is 4.74 Å². The molecule has 0 fully saturated rings. The Morgan fingerprint density at radius 3 is 1.61 bits per heavy atom. The van der Waals surface area contributed by atoms with E-state index in [1.54, 1.807) is 36.4 Å². The van der Waals surface area contributed by atoms with Crippen molar-refractivity contribution < 1.29 is 19.1 Å². The quantitative estimate of drug-likeness (QED) is 0.483. The van der Waals surface area contributed by atoms with E-state index < -0.39 is 23.6 Å². The zero-order valence-corrected chi connectivity index (χ0v) is 13.3. The highest BCUT2D eigenvalue weighted by Crippen LogP contribution is 2.15. The molecule has 0 unspecified atom stereocenters. The van der Waals surface area contributed by atoms with Crippen LogP contribution in [0.25, 0.3) is 0 Å². The summed E-state index contributed by atoms with van der Waals surface area (Å²) in [6, 6.07) is 13.7. The number of esters is 1. The first-order valence-electron chi connectivity index (χ1n) is 7.27. The molecule has 0 radical (unpaired) electrons. The van der Waals surface area contributed by atoms with Gasteiger partial charge in [-0.1, -0.05) is 47.5 Å². The second kappa shape index (κ2) is 7.01. The molecule has 0 aliphatic heterocycles. The van der Waals surface area contributed by atoms with E-state index in [9.17, 15) is 14.4 Å². The molecular weight excluding hydrogens is 292 g/mol. The first-order chi connectivity index (χ1) is 10.9. The molecule has 0 atom stereocenters. The Kier molecular flexibility index (Phi) is 5.06. The molecule has 0 aromatic heterocycles. The molecule has 0 saturated carbocycles. The normalized spacial score (nSPS) is 10.4. The summed E-state index contributed by atoms with van der Waals surface area (Å²) in [5.41, 5.74) is 2.47. The smallest absolute Gasteiger partial charge is 0.303 e. The van der Waals surface area contributed by atoms with E-state index in [2.05, 4.69) is 0 Å². The van der Waals surface area contributed by atoms with Gasteiger partial charge in [0.15, 0.2) is 0 Å². The Morgan fingerprint density at radius 1 is 0.826 bits per heavy atom. The minimum atomic E-state index is -1.46. The molecule has 2 aromatic rings. The van der Waals surface area contributed by atoms with Crippen LogP contribution in [0.15, 0.2) is 48.5 Å². The molecule has 0 heterocycles. The van der Waals surface area contributed by atoms with Crippen molar-refractivity contribution in [3.63, 3.8) is 0 Å². The second-order valence-corrected chi connectivity index (χ2v) is 5.46. The van der Waals surface area contributed by atoms with Gasteiger partial charge in [-0.15, -0.1) is 0 Å². The van der Waals surface area contributed by atoms with Gasteiger partial charge >= 0.3 is 5.97 Å². The van der Waals surface area contributed by atoms with Crippen molar-refractivity contribution in [1.29, 1.82) is 0 Å². The Balaban J connectivity index is 2.38. The average Bonchev–Trinajstić information content (AvgIpc) is 2.51. The molecule has 0 saturated heterocycles. The Morgan fingerprint density at radius 2 is 1.26 bits per heavy atom. The van der Waals surface area contributed by atoms with E-state index in [0.29, 0.717) is 11.1 Å². The SMILES string of the molecule is CC(=O)OC(C(=O)c1cccc(C)c1)C(=O)c1cccc(C)c1. The third-order valence-electron chi connectivity index (χ3n) is 3.37. The van der Waals surface area contributed by atoms with Crippen LogP contribution in [-0.4, -0.2) is 23.6 Å². The van der Waals surface area contributed by atoms with Gasteiger partial charge in [-0.2, -0.15) is 0 Å². The zero-order valence-electron chi connectivity index (χ0n) is 13.3. The monoisotopic (exact) mass is 310 g/mol. The van der Waals surface area contributed by atoms with Crippen LogP contribution < -0.4 is 0 Å². The highest BCUT2D eigenvalue weighted by atomic mass is 16.5. The fourth-order valence-electron chi connectivity index (χ4n) is 2.29. The van der Waals surface area contributed by atoms with Crippen molar-refractivity contribution >= 4 is 17.5 Å². The molecule has 0 aliphatic rings. The summed E-state index contributed by atoms with van der Waals surface area (Å²) in [6.45, 7) is 4.88. The lowest BCUT2D eigenvalue weighted by molar-refractivity contribution is -0.142. The largest absolute Gasteiger partial charge is 0.446 e. The fraction of sp³-hybridized carbons (Fsp3) is 0.211. The summed E-state index contributed by atoms with van der Waals surface area (Å²) in [5.74, 6) is -1.71. The molecule has 118 valence electrons. The van der Waals surface area contributed by atoms with Crippen LogP contribution in [0.3, 0.4) is 0 Å². The van der Waals surface area contributed by atoms with Gasteiger partial charge in [0.25, 0.3) is 0 Å². The van der Waals surface area contributed by atoms with E-state index >= 15 is 0 Å². The third-order valence-corrected chi connectivity index (χ3v) is 3.37. The predicted octanol–water partition coefficient (Wildman–Crippen LogP) is 3.30. The number of hydrogen-bond donors (Lipinski definition) is 0. The summed E-state index contributed by atoms with van der Waals surface area (Å²) in [5, 5.41) is 0. The van der Waals surface area contributed by atoms with Gasteiger partial charge in [0.2, 0.25) is 17.7 Å². The number of Topliss-reactive ketones (excluding diaryl/α,β-unsaturated/α-hetero) is 2. The summed E-state index contributed by atoms with van der Waals surface area (Å²) in [7, 11) is 0. The molecule has 4 nitrogen and oxygen atoms in total. The standard InChI is InChI=1S/C19H18O4/c1-12-6-4-8-15(10-12)17(21)19(23-14(3)20)18(22)16-9-5-7-13(2)11-16/h4-11,19H,1-3H3. The number of ketones is 2. The van der Waals surface area contributed by atoms with E-state index in [-0.39, 0.29) is 0 Å². The van der Waals surface area contributed by atoms with E-state index in [1.807, 2.05) is 26.0 Å². The fourth-order valence-corrected chi connectivity index (χ4v) is 2.29. The van der Waals surface area contributed by atoms with Crippen LogP contribution >= 0.6 is 0 Å². The first kappa shape index (κ1) is 16.6. The second-order valence-electron chi connectivity index (χ2n) is 5.46. The van der Waals surface area contributed by atoms with Crippen LogP contribution in [0.4, 0.5) is 0 Å². The molecule has 0 aliphatic carbocycles. The maximum atomic E-state index is 12.6. The average molecular weight is 310 g/mol. The number of ether oxygens (including phenoxy) is 1. The van der Waals surface area contributed by atoms with Gasteiger partial charge in [-0.3, -0.25) is 14.4 Å². The number of carbonyl (C=O) groups excluding carboxylic acids is 3. The third kappa shape index (κ3) is 4.13. The number of hydrogen-bond acceptors (Lipinski definition) is 4. The van der Waals surface area contributed by atoms with E-state index in [0.717, 1.165) is 11.1 Å². The molecule has 2 aromatic carbocycles. The maximum absolute atomic E-state index is 12.6. The maximum Gasteiger partial charge on any atom is 0.303 e. The van der Waals surface area contributed by atoms with Gasteiger partial charge in [0.1, 0.15) is 0 Å². The van der Waals surface area contributed by atoms with E-state index in [1.165, 1.54) is 6.92 Å². The van der Waals surface area contributed by atoms with Crippen molar-refractivity contribution in [2.75, 3.05) is 0 Å². The molecule has 0 N–H and O–H groups in total. The van der Waals surface area contributed by atoms with Crippen molar-refractivity contribution in [3.8, 4) is 0 Å². The van der Waals surface area contributed by atoms with Crippen molar-refractivity contribution in [1.82, 2.24) is 0 Å². The summed E-state index contributed by atoms with van der Waals surface area (Å²) < 4.78 is 5.02. The topological polar surface area (TPSA) is 60.4 Å². The van der Waals surface area contributed by atoms with Crippen LogP contribution in [0.2, 0.25) is 0 Å². The number of rotatable bonds is 5. The van der Waals surface area contributed by atoms with Gasteiger partial charge in [0.05, 0.1) is 0 Å². The minimum Gasteiger partial charge on any atom is -0.446 e. The van der Waals surface area contributed by atoms with E-state index in [4.69, 9.17) is 4.74 Å². The lowest BCUT2D eigenvalue weighted by Gasteiger charge is -2.15. The Hall–Kier alpha value is -2.75. The first-order valence-corrected chi connectivity index (χ1v) is 7.27. The molecule has 2 rings (SSSR count). The van der Waals surface area contributed by atoms with Crippen LogP contribution in [-0.2, 0) is 9.53 Å². The summed E-state index contributed by atoms with van der Waals surface area (Å²) >= 11 is 0. The Bertz CT molecular complexity index is 704. The highest BCUT2D eigenvalue weighted by molar-refractivity contribution is 6.19. The molecule has 0 spiro atoms. The summed E-state index contributed by atoms with van der Waals surface area (Å²) in [4.78, 5) is 36.6. The highest BCUT2D eigenvalue weighted by Gasteiger charge is 2.31. The van der Waals surface area contributed by atoms with Crippen molar-refractivity contribution in [3.05, 3.63) is 70.8 Å². The number of aryl methyl sites for hydroxylation is 2.